The smallest absolute Gasteiger partial charge is 0.323 e. The minimum absolute atomic E-state index is 0.224. The summed E-state index contributed by atoms with van der Waals surface area (Å²) < 4.78 is 18.1. The maximum absolute atomic E-state index is 12.7. The van der Waals surface area contributed by atoms with Gasteiger partial charge < -0.3 is 19.6 Å². The van der Waals surface area contributed by atoms with Crippen molar-refractivity contribution in [3.8, 4) is 5.75 Å². The Morgan fingerprint density at radius 2 is 2.05 bits per heavy atom. The number of carbonyl (C=O) groups is 1. The Kier molecular flexibility index (Phi) is 4.76. The standard InChI is InChI=1S/C14H16FN3O3/c1-18(13(19)12-9-16-14(20)17-12)7-2-8-21-11-5-3-10(15)4-6-11/h3-6,9H,2,7-8H2,1H3,(H2,16,17,20). The molecule has 0 saturated heterocycles. The number of hydrogen-bond donors (Lipinski definition) is 2. The maximum atomic E-state index is 12.7. The first-order chi connectivity index (χ1) is 10.1. The van der Waals surface area contributed by atoms with E-state index in [1.54, 1.807) is 19.2 Å². The Morgan fingerprint density at radius 3 is 2.67 bits per heavy atom. The molecule has 1 amide bonds. The molecule has 1 aromatic carbocycles. The summed E-state index contributed by atoms with van der Waals surface area (Å²) in [5.74, 6) is 0.00338. The van der Waals surface area contributed by atoms with Gasteiger partial charge in [-0.2, -0.15) is 0 Å². The summed E-state index contributed by atoms with van der Waals surface area (Å²) in [6.07, 6.45) is 1.96. The molecule has 21 heavy (non-hydrogen) atoms. The lowest BCUT2D eigenvalue weighted by Crippen LogP contribution is -2.29. The van der Waals surface area contributed by atoms with Crippen LogP contribution in [0.3, 0.4) is 0 Å². The van der Waals surface area contributed by atoms with Gasteiger partial charge in [0.2, 0.25) is 0 Å². The van der Waals surface area contributed by atoms with Gasteiger partial charge >= 0.3 is 5.69 Å². The minimum Gasteiger partial charge on any atom is -0.494 e. The number of ether oxygens (including phenoxy) is 1. The van der Waals surface area contributed by atoms with Crippen LogP contribution in [0.4, 0.5) is 4.39 Å². The highest BCUT2D eigenvalue weighted by Crippen LogP contribution is 2.11. The van der Waals surface area contributed by atoms with E-state index in [4.69, 9.17) is 4.74 Å². The molecule has 0 bridgehead atoms. The van der Waals surface area contributed by atoms with Gasteiger partial charge in [0, 0.05) is 19.8 Å². The number of nitrogens with one attached hydrogen (secondary N) is 2. The van der Waals surface area contributed by atoms with Gasteiger partial charge in [0.1, 0.15) is 17.3 Å². The molecule has 0 unspecified atom stereocenters. The molecule has 1 heterocycles. The zero-order valence-electron chi connectivity index (χ0n) is 11.6. The average molecular weight is 293 g/mol. The molecular formula is C14H16FN3O3. The van der Waals surface area contributed by atoms with Gasteiger partial charge in [-0.15, -0.1) is 0 Å². The summed E-state index contributed by atoms with van der Waals surface area (Å²) in [4.78, 5) is 29.1. The Balaban J connectivity index is 1.74. The lowest BCUT2D eigenvalue weighted by Gasteiger charge is -2.16. The number of rotatable bonds is 6. The predicted octanol–water partition coefficient (Wildman–Crippen LogP) is 1.38. The molecule has 112 valence electrons. The topological polar surface area (TPSA) is 78.2 Å². The van der Waals surface area contributed by atoms with Gasteiger partial charge in [0.05, 0.1) is 6.61 Å². The van der Waals surface area contributed by atoms with Crippen molar-refractivity contribution >= 4 is 5.91 Å². The third kappa shape index (κ3) is 4.20. The van der Waals surface area contributed by atoms with E-state index in [0.29, 0.717) is 25.3 Å². The molecule has 2 N–H and O–H groups in total. The number of halogens is 1. The normalized spacial score (nSPS) is 10.4. The van der Waals surface area contributed by atoms with Crippen molar-refractivity contribution in [3.05, 3.63) is 52.5 Å². The molecular weight excluding hydrogens is 277 g/mol. The van der Waals surface area contributed by atoms with Crippen molar-refractivity contribution in [2.24, 2.45) is 0 Å². The van der Waals surface area contributed by atoms with Crippen LogP contribution in [0, 0.1) is 5.82 Å². The van der Waals surface area contributed by atoms with Crippen molar-refractivity contribution < 1.29 is 13.9 Å². The van der Waals surface area contributed by atoms with E-state index in [1.165, 1.54) is 23.2 Å². The first-order valence-corrected chi connectivity index (χ1v) is 6.48. The van der Waals surface area contributed by atoms with Crippen molar-refractivity contribution in [2.45, 2.75) is 6.42 Å². The van der Waals surface area contributed by atoms with Crippen LogP contribution >= 0.6 is 0 Å². The van der Waals surface area contributed by atoms with Crippen molar-refractivity contribution in [1.29, 1.82) is 0 Å². The number of carbonyl (C=O) groups excluding carboxylic acids is 1. The molecule has 0 aliphatic heterocycles. The summed E-state index contributed by atoms with van der Waals surface area (Å²) >= 11 is 0. The van der Waals surface area contributed by atoms with Gasteiger partial charge in [-0.05, 0) is 30.7 Å². The number of amides is 1. The lowest BCUT2D eigenvalue weighted by atomic mass is 10.3. The van der Waals surface area contributed by atoms with Gasteiger partial charge in [0.25, 0.3) is 5.91 Å². The summed E-state index contributed by atoms with van der Waals surface area (Å²) in [6, 6.07) is 5.75. The van der Waals surface area contributed by atoms with Gasteiger partial charge in [-0.1, -0.05) is 0 Å². The summed E-state index contributed by atoms with van der Waals surface area (Å²) in [6.45, 7) is 0.889. The second-order valence-corrected chi connectivity index (χ2v) is 4.54. The van der Waals surface area contributed by atoms with E-state index in [9.17, 15) is 14.0 Å². The number of nitrogens with zero attached hydrogens (tertiary/aromatic N) is 1. The molecule has 0 atom stereocenters. The summed E-state index contributed by atoms with van der Waals surface area (Å²) in [7, 11) is 1.64. The molecule has 2 aromatic rings. The highest BCUT2D eigenvalue weighted by Gasteiger charge is 2.13. The fourth-order valence-corrected chi connectivity index (χ4v) is 1.78. The monoisotopic (exact) mass is 293 g/mol. The number of aromatic amines is 2. The van der Waals surface area contributed by atoms with Gasteiger partial charge in [-0.25, -0.2) is 9.18 Å². The summed E-state index contributed by atoms with van der Waals surface area (Å²) in [5.41, 5.74) is -0.187. The summed E-state index contributed by atoms with van der Waals surface area (Å²) in [5, 5.41) is 0. The highest BCUT2D eigenvalue weighted by atomic mass is 19.1. The van der Waals surface area contributed by atoms with Crippen molar-refractivity contribution in [3.63, 3.8) is 0 Å². The molecule has 0 fully saturated rings. The number of benzene rings is 1. The second kappa shape index (κ2) is 6.74. The van der Waals surface area contributed by atoms with Crippen LogP contribution in [0.15, 0.2) is 35.3 Å². The molecule has 7 heteroatoms. The lowest BCUT2D eigenvalue weighted by molar-refractivity contribution is 0.0782. The zero-order chi connectivity index (χ0) is 15.2. The first kappa shape index (κ1) is 14.8. The van der Waals surface area contributed by atoms with Crippen LogP contribution in [0.5, 0.6) is 5.75 Å². The van der Waals surface area contributed by atoms with E-state index < -0.39 is 5.69 Å². The number of hydrogen-bond acceptors (Lipinski definition) is 3. The predicted molar refractivity (Wildman–Crippen MR) is 74.9 cm³/mol. The minimum atomic E-state index is -0.411. The van der Waals surface area contributed by atoms with Gasteiger partial charge in [-0.3, -0.25) is 4.79 Å². The highest BCUT2D eigenvalue weighted by molar-refractivity contribution is 5.91. The van der Waals surface area contributed by atoms with Crippen LogP contribution in [-0.2, 0) is 0 Å². The largest absolute Gasteiger partial charge is 0.494 e. The van der Waals surface area contributed by atoms with E-state index in [1.807, 2.05) is 0 Å². The number of H-pyrrole nitrogens is 2. The zero-order valence-corrected chi connectivity index (χ0v) is 11.6. The molecule has 6 nitrogen and oxygen atoms in total. The number of aromatic nitrogens is 2. The van der Waals surface area contributed by atoms with Crippen molar-refractivity contribution in [1.82, 2.24) is 14.9 Å². The van der Waals surface area contributed by atoms with Crippen LogP contribution in [0.2, 0.25) is 0 Å². The molecule has 0 radical (unpaired) electrons. The SMILES string of the molecule is CN(CCCOc1ccc(F)cc1)C(=O)c1c[nH]c(=O)[nH]1. The van der Waals surface area contributed by atoms with E-state index >= 15 is 0 Å². The maximum Gasteiger partial charge on any atom is 0.323 e. The average Bonchev–Trinajstić information content (AvgIpc) is 2.91. The molecule has 0 aliphatic carbocycles. The van der Waals surface area contributed by atoms with Gasteiger partial charge in [0.15, 0.2) is 0 Å². The van der Waals surface area contributed by atoms with Crippen molar-refractivity contribution in [2.75, 3.05) is 20.2 Å². The van der Waals surface area contributed by atoms with E-state index in [2.05, 4.69) is 9.97 Å². The van der Waals surface area contributed by atoms with E-state index in [0.717, 1.165) is 0 Å². The fourth-order valence-electron chi connectivity index (χ4n) is 1.78. The second-order valence-electron chi connectivity index (χ2n) is 4.54. The Hall–Kier alpha value is -2.57. The Labute approximate surface area is 120 Å². The molecule has 0 aliphatic rings. The third-order valence-electron chi connectivity index (χ3n) is 2.89. The molecule has 1 aromatic heterocycles. The molecule has 0 spiro atoms. The van der Waals surface area contributed by atoms with Crippen LogP contribution in [0.1, 0.15) is 16.9 Å². The molecule has 0 saturated carbocycles. The Bertz CT molecular complexity index is 648. The quantitative estimate of drug-likeness (QED) is 0.790. The first-order valence-electron chi connectivity index (χ1n) is 6.48. The van der Waals surface area contributed by atoms with E-state index in [-0.39, 0.29) is 17.4 Å². The fraction of sp³-hybridized carbons (Fsp3) is 0.286. The van der Waals surface area contributed by atoms with Crippen LogP contribution < -0.4 is 10.4 Å². The van der Waals surface area contributed by atoms with Crippen LogP contribution in [-0.4, -0.2) is 41.0 Å². The number of imidazole rings is 1. The Morgan fingerprint density at radius 1 is 1.33 bits per heavy atom. The van der Waals surface area contributed by atoms with Crippen LogP contribution in [0.25, 0.3) is 0 Å². The third-order valence-corrected chi connectivity index (χ3v) is 2.89. The molecule has 2 rings (SSSR count).